The first kappa shape index (κ1) is 12.5. The molecule has 0 aliphatic heterocycles. The van der Waals surface area contributed by atoms with E-state index in [1.165, 1.54) is 0 Å². The van der Waals surface area contributed by atoms with Crippen LogP contribution in [0.15, 0.2) is 36.4 Å². The number of anilines is 3. The average Bonchev–Trinajstić information content (AvgIpc) is 2.41. The van der Waals surface area contributed by atoms with Crippen LogP contribution in [0.3, 0.4) is 0 Å². The quantitative estimate of drug-likeness (QED) is 0.800. The van der Waals surface area contributed by atoms with Gasteiger partial charge in [0.15, 0.2) is 0 Å². The Kier molecular flexibility index (Phi) is 3.36. The van der Waals surface area contributed by atoms with E-state index in [2.05, 4.69) is 17.5 Å². The average molecular weight is 248 g/mol. The fourth-order valence-corrected chi connectivity index (χ4v) is 1.80. The molecular weight excluding hydrogens is 236 g/mol. The lowest BCUT2D eigenvalue weighted by molar-refractivity contribution is 1.38. The van der Waals surface area contributed by atoms with Crippen molar-refractivity contribution < 1.29 is 0 Å². The van der Waals surface area contributed by atoms with Gasteiger partial charge >= 0.3 is 0 Å². The standard InChI is InChI=1S/C15H12N4/c1-10-3-2-4-14(12(10)9-17)19-15-7-11(8-16)5-6-13(15)18/h2-7,19H,18H2,1H3. The van der Waals surface area contributed by atoms with Crippen LogP contribution in [0.4, 0.5) is 17.1 Å². The predicted molar refractivity (Wildman–Crippen MR) is 74.7 cm³/mol. The van der Waals surface area contributed by atoms with Crippen LogP contribution in [-0.4, -0.2) is 0 Å². The van der Waals surface area contributed by atoms with E-state index in [0.29, 0.717) is 28.2 Å². The Labute approximate surface area is 111 Å². The normalized spacial score (nSPS) is 9.42. The number of nitrogens with one attached hydrogen (secondary N) is 1. The van der Waals surface area contributed by atoms with Gasteiger partial charge < -0.3 is 11.1 Å². The first-order valence-corrected chi connectivity index (χ1v) is 5.72. The summed E-state index contributed by atoms with van der Waals surface area (Å²) in [6, 6.07) is 14.8. The molecule has 2 aromatic rings. The van der Waals surface area contributed by atoms with Crippen LogP contribution in [0.2, 0.25) is 0 Å². The molecule has 0 bridgehead atoms. The summed E-state index contributed by atoms with van der Waals surface area (Å²) >= 11 is 0. The first-order chi connectivity index (χ1) is 9.15. The van der Waals surface area contributed by atoms with E-state index in [1.807, 2.05) is 25.1 Å². The molecule has 0 aliphatic rings. The van der Waals surface area contributed by atoms with Crippen molar-refractivity contribution in [2.24, 2.45) is 0 Å². The second-order valence-corrected chi connectivity index (χ2v) is 4.15. The van der Waals surface area contributed by atoms with Gasteiger partial charge in [-0.25, -0.2) is 0 Å². The molecule has 2 aromatic carbocycles. The summed E-state index contributed by atoms with van der Waals surface area (Å²) in [5.74, 6) is 0. The highest BCUT2D eigenvalue weighted by atomic mass is 14.9. The predicted octanol–water partition coefficient (Wildman–Crippen LogP) is 3.06. The molecule has 0 saturated carbocycles. The van der Waals surface area contributed by atoms with E-state index in [0.717, 1.165) is 5.56 Å². The third kappa shape index (κ3) is 2.48. The number of nitriles is 2. The molecule has 0 atom stereocenters. The Balaban J connectivity index is 2.46. The molecule has 0 aromatic heterocycles. The lowest BCUT2D eigenvalue weighted by atomic mass is 10.1. The molecule has 0 spiro atoms. The fraction of sp³-hybridized carbons (Fsp3) is 0.0667. The monoisotopic (exact) mass is 248 g/mol. The summed E-state index contributed by atoms with van der Waals surface area (Å²) in [6.45, 7) is 1.87. The van der Waals surface area contributed by atoms with Gasteiger partial charge in [-0.1, -0.05) is 12.1 Å². The lowest BCUT2D eigenvalue weighted by Crippen LogP contribution is -1.99. The zero-order chi connectivity index (χ0) is 13.8. The third-order valence-electron chi connectivity index (χ3n) is 2.84. The minimum absolute atomic E-state index is 0.517. The fourth-order valence-electron chi connectivity index (χ4n) is 1.80. The summed E-state index contributed by atoms with van der Waals surface area (Å²) < 4.78 is 0. The second kappa shape index (κ2) is 5.12. The highest BCUT2D eigenvalue weighted by Crippen LogP contribution is 2.27. The number of nitrogen functional groups attached to an aromatic ring is 1. The molecule has 92 valence electrons. The van der Waals surface area contributed by atoms with E-state index in [1.54, 1.807) is 18.2 Å². The van der Waals surface area contributed by atoms with Crippen LogP contribution in [-0.2, 0) is 0 Å². The van der Waals surface area contributed by atoms with Gasteiger partial charge in [0.25, 0.3) is 0 Å². The Morgan fingerprint density at radius 1 is 1.05 bits per heavy atom. The second-order valence-electron chi connectivity index (χ2n) is 4.15. The van der Waals surface area contributed by atoms with E-state index < -0.39 is 0 Å². The minimum atomic E-state index is 0.517. The molecular formula is C15H12N4. The molecule has 19 heavy (non-hydrogen) atoms. The summed E-state index contributed by atoms with van der Waals surface area (Å²) in [6.07, 6.45) is 0. The summed E-state index contributed by atoms with van der Waals surface area (Å²) in [7, 11) is 0. The number of nitrogens with two attached hydrogens (primary N) is 1. The van der Waals surface area contributed by atoms with Gasteiger partial charge in [-0.2, -0.15) is 10.5 Å². The molecule has 0 unspecified atom stereocenters. The maximum Gasteiger partial charge on any atom is 0.102 e. The van der Waals surface area contributed by atoms with Crippen molar-refractivity contribution in [3.05, 3.63) is 53.1 Å². The van der Waals surface area contributed by atoms with Crippen LogP contribution in [0.5, 0.6) is 0 Å². The first-order valence-electron chi connectivity index (χ1n) is 5.72. The summed E-state index contributed by atoms with van der Waals surface area (Å²) in [4.78, 5) is 0. The number of benzene rings is 2. The van der Waals surface area contributed by atoms with Crippen molar-refractivity contribution in [3.63, 3.8) is 0 Å². The van der Waals surface area contributed by atoms with Crippen molar-refractivity contribution in [2.45, 2.75) is 6.92 Å². The van der Waals surface area contributed by atoms with Crippen LogP contribution >= 0.6 is 0 Å². The van der Waals surface area contributed by atoms with Crippen molar-refractivity contribution >= 4 is 17.1 Å². The number of hydrogen-bond acceptors (Lipinski definition) is 4. The van der Waals surface area contributed by atoms with Crippen LogP contribution in [0.25, 0.3) is 0 Å². The van der Waals surface area contributed by atoms with Gasteiger partial charge in [-0.15, -0.1) is 0 Å². The van der Waals surface area contributed by atoms with Crippen LogP contribution in [0, 0.1) is 29.6 Å². The minimum Gasteiger partial charge on any atom is -0.397 e. The number of hydrogen-bond donors (Lipinski definition) is 2. The molecule has 0 fully saturated rings. The zero-order valence-electron chi connectivity index (χ0n) is 10.4. The maximum atomic E-state index is 9.17. The molecule has 4 nitrogen and oxygen atoms in total. The van der Waals surface area contributed by atoms with Crippen LogP contribution < -0.4 is 11.1 Å². The van der Waals surface area contributed by atoms with E-state index >= 15 is 0 Å². The molecule has 4 heteroatoms. The van der Waals surface area contributed by atoms with Crippen molar-refractivity contribution in [2.75, 3.05) is 11.1 Å². The Morgan fingerprint density at radius 3 is 2.53 bits per heavy atom. The van der Waals surface area contributed by atoms with E-state index in [-0.39, 0.29) is 0 Å². The Hall–Kier alpha value is -2.98. The van der Waals surface area contributed by atoms with Crippen molar-refractivity contribution in [1.29, 1.82) is 10.5 Å². The SMILES string of the molecule is Cc1cccc(Nc2cc(C#N)ccc2N)c1C#N. The summed E-state index contributed by atoms with van der Waals surface area (Å²) in [5.41, 5.74) is 9.69. The van der Waals surface area contributed by atoms with Gasteiger partial charge in [0.2, 0.25) is 0 Å². The number of rotatable bonds is 2. The van der Waals surface area contributed by atoms with Gasteiger partial charge in [0, 0.05) is 0 Å². The molecule has 0 heterocycles. The third-order valence-corrected chi connectivity index (χ3v) is 2.84. The van der Waals surface area contributed by atoms with E-state index in [9.17, 15) is 5.26 Å². The maximum absolute atomic E-state index is 9.17. The van der Waals surface area contributed by atoms with Crippen LogP contribution in [0.1, 0.15) is 16.7 Å². The number of nitrogens with zero attached hydrogens (tertiary/aromatic N) is 2. The van der Waals surface area contributed by atoms with Gasteiger partial charge in [0.05, 0.1) is 34.3 Å². The van der Waals surface area contributed by atoms with Gasteiger partial charge in [-0.3, -0.25) is 0 Å². The lowest BCUT2D eigenvalue weighted by Gasteiger charge is -2.12. The summed E-state index contributed by atoms with van der Waals surface area (Å²) in [5, 5.41) is 21.2. The largest absolute Gasteiger partial charge is 0.397 e. The van der Waals surface area contributed by atoms with E-state index in [4.69, 9.17) is 11.0 Å². The Bertz CT molecular complexity index is 705. The van der Waals surface area contributed by atoms with Gasteiger partial charge in [-0.05, 0) is 36.8 Å². The molecule has 0 radical (unpaired) electrons. The highest BCUT2D eigenvalue weighted by molar-refractivity contribution is 5.77. The smallest absolute Gasteiger partial charge is 0.102 e. The molecule has 0 aliphatic carbocycles. The number of aryl methyl sites for hydroxylation is 1. The van der Waals surface area contributed by atoms with Crippen molar-refractivity contribution in [3.8, 4) is 12.1 Å². The zero-order valence-corrected chi connectivity index (χ0v) is 10.4. The van der Waals surface area contributed by atoms with Crippen molar-refractivity contribution in [1.82, 2.24) is 0 Å². The molecule has 2 rings (SSSR count). The van der Waals surface area contributed by atoms with Gasteiger partial charge in [0.1, 0.15) is 6.07 Å². The topological polar surface area (TPSA) is 85.6 Å². The molecule has 3 N–H and O–H groups in total. The molecule has 0 saturated heterocycles. The Morgan fingerprint density at radius 2 is 1.84 bits per heavy atom. The highest BCUT2D eigenvalue weighted by Gasteiger charge is 2.07. The molecule has 0 amide bonds.